The van der Waals surface area contributed by atoms with Crippen molar-refractivity contribution >= 4 is 11.9 Å². The van der Waals surface area contributed by atoms with Gasteiger partial charge in [0.05, 0.1) is 10.8 Å². The van der Waals surface area contributed by atoms with Crippen molar-refractivity contribution in [2.24, 2.45) is 21.7 Å². The highest BCUT2D eigenvalue weighted by Gasteiger charge is 2.54. The second-order valence-corrected chi connectivity index (χ2v) is 13.7. The number of piperidine rings is 1. The summed E-state index contributed by atoms with van der Waals surface area (Å²) in [6.07, 6.45) is 1.40. The van der Waals surface area contributed by atoms with E-state index >= 15 is 0 Å². The fourth-order valence-corrected chi connectivity index (χ4v) is 5.37. The molecular weight excluding hydrogens is 394 g/mol. The first-order valence-corrected chi connectivity index (χ1v) is 11.4. The Balaban J connectivity index is 3.30. The lowest BCUT2D eigenvalue weighted by atomic mass is 9.58. The van der Waals surface area contributed by atoms with Gasteiger partial charge >= 0.3 is 11.9 Å². The summed E-state index contributed by atoms with van der Waals surface area (Å²) in [7, 11) is 0. The first kappa shape index (κ1) is 27.9. The number of hydrogen-bond acceptors (Lipinski definition) is 5. The highest BCUT2D eigenvalue weighted by atomic mass is 16.5. The third kappa shape index (κ3) is 6.22. The number of rotatable bonds is 6. The van der Waals surface area contributed by atoms with Crippen molar-refractivity contribution in [2.75, 3.05) is 0 Å². The van der Waals surface area contributed by atoms with Crippen LogP contribution in [0.5, 0.6) is 0 Å². The molecule has 6 nitrogen and oxygen atoms in total. The number of carbonyl (C=O) groups is 2. The summed E-state index contributed by atoms with van der Waals surface area (Å²) in [5.41, 5.74) is -3.84. The Hall–Kier alpha value is -1.14. The average molecular weight is 442 g/mol. The van der Waals surface area contributed by atoms with Gasteiger partial charge in [-0.1, -0.05) is 41.5 Å². The van der Waals surface area contributed by atoms with Crippen LogP contribution in [-0.4, -0.2) is 44.5 Å². The zero-order valence-electron chi connectivity index (χ0n) is 22.0. The van der Waals surface area contributed by atoms with Crippen molar-refractivity contribution in [1.82, 2.24) is 5.06 Å². The molecule has 0 radical (unpaired) electrons. The van der Waals surface area contributed by atoms with Crippen LogP contribution in [-0.2, 0) is 14.3 Å². The SMILES string of the molecule is CC(C)(C)CC(C)(CC(C)(C(=O)O)C(C)(C)C)C(=O)OC1CC(C)(C)N(O)C(C)(C)C1. The van der Waals surface area contributed by atoms with Gasteiger partial charge in [-0.2, -0.15) is 5.06 Å². The van der Waals surface area contributed by atoms with Gasteiger partial charge in [0, 0.05) is 23.9 Å². The number of esters is 1. The van der Waals surface area contributed by atoms with Crippen LogP contribution in [0.25, 0.3) is 0 Å². The number of ether oxygens (including phenoxy) is 1. The van der Waals surface area contributed by atoms with Crippen molar-refractivity contribution in [2.45, 2.75) is 126 Å². The van der Waals surface area contributed by atoms with Crippen LogP contribution in [0.15, 0.2) is 0 Å². The maximum absolute atomic E-state index is 13.7. The van der Waals surface area contributed by atoms with Crippen LogP contribution >= 0.6 is 0 Å². The van der Waals surface area contributed by atoms with Crippen LogP contribution in [0.2, 0.25) is 0 Å². The van der Waals surface area contributed by atoms with Crippen LogP contribution in [0, 0.1) is 21.7 Å². The molecule has 1 aliphatic rings. The van der Waals surface area contributed by atoms with E-state index < -0.39 is 33.3 Å². The Morgan fingerprint density at radius 1 is 0.903 bits per heavy atom. The summed E-state index contributed by atoms with van der Waals surface area (Å²) in [4.78, 5) is 26.0. The lowest BCUT2D eigenvalue weighted by Gasteiger charge is -2.51. The van der Waals surface area contributed by atoms with Gasteiger partial charge in [-0.3, -0.25) is 9.59 Å². The topological polar surface area (TPSA) is 87.1 Å². The van der Waals surface area contributed by atoms with Gasteiger partial charge < -0.3 is 15.1 Å². The van der Waals surface area contributed by atoms with E-state index in [2.05, 4.69) is 20.8 Å². The van der Waals surface area contributed by atoms with Gasteiger partial charge in [-0.15, -0.1) is 0 Å². The fraction of sp³-hybridized carbons (Fsp3) is 0.920. The summed E-state index contributed by atoms with van der Waals surface area (Å²) < 4.78 is 6.09. The van der Waals surface area contributed by atoms with Crippen molar-refractivity contribution in [3.63, 3.8) is 0 Å². The molecule has 0 aromatic carbocycles. The molecule has 2 unspecified atom stereocenters. The molecule has 0 aromatic rings. The Morgan fingerprint density at radius 2 is 1.32 bits per heavy atom. The van der Waals surface area contributed by atoms with E-state index in [-0.39, 0.29) is 23.9 Å². The van der Waals surface area contributed by atoms with E-state index in [1.165, 1.54) is 5.06 Å². The average Bonchev–Trinajstić information content (AvgIpc) is 2.48. The first-order valence-electron chi connectivity index (χ1n) is 11.4. The summed E-state index contributed by atoms with van der Waals surface area (Å²) in [5.74, 6) is -1.24. The van der Waals surface area contributed by atoms with Crippen LogP contribution in [0.4, 0.5) is 0 Å². The standard InChI is InChI=1S/C25H47NO5/c1-20(2,3)15-24(11,16-25(12,18(27)28)21(4,5)6)19(29)31-17-13-22(7,8)26(30)23(9,10)14-17/h17,30H,13-16H2,1-12H3,(H,27,28). The smallest absolute Gasteiger partial charge is 0.312 e. The molecule has 0 aromatic heterocycles. The normalized spacial score (nSPS) is 24.2. The quantitative estimate of drug-likeness (QED) is 0.498. The molecule has 1 aliphatic heterocycles. The molecule has 2 atom stereocenters. The number of nitrogens with zero attached hydrogens (tertiary/aromatic N) is 1. The molecule has 1 heterocycles. The van der Waals surface area contributed by atoms with Gasteiger partial charge in [0.25, 0.3) is 0 Å². The van der Waals surface area contributed by atoms with Gasteiger partial charge in [-0.05, 0) is 65.2 Å². The molecule has 0 aliphatic carbocycles. The molecule has 0 saturated carbocycles. The molecule has 31 heavy (non-hydrogen) atoms. The van der Waals surface area contributed by atoms with Crippen molar-refractivity contribution < 1.29 is 24.6 Å². The molecule has 2 N–H and O–H groups in total. The molecule has 182 valence electrons. The van der Waals surface area contributed by atoms with Crippen molar-refractivity contribution in [3.8, 4) is 0 Å². The van der Waals surface area contributed by atoms with Gasteiger partial charge in [-0.25, -0.2) is 0 Å². The van der Waals surface area contributed by atoms with Gasteiger partial charge in [0.1, 0.15) is 6.10 Å². The molecular formula is C25H47NO5. The summed E-state index contributed by atoms with van der Waals surface area (Å²) >= 11 is 0. The minimum Gasteiger partial charge on any atom is -0.481 e. The van der Waals surface area contributed by atoms with Crippen LogP contribution in [0.1, 0.15) is 109 Å². The number of carboxylic acid groups (broad SMARTS) is 1. The number of aliphatic carboxylic acids is 1. The third-order valence-corrected chi connectivity index (χ3v) is 7.16. The van der Waals surface area contributed by atoms with Crippen LogP contribution in [0.3, 0.4) is 0 Å². The highest BCUT2D eigenvalue weighted by Crippen LogP contribution is 2.51. The van der Waals surface area contributed by atoms with Crippen LogP contribution < -0.4 is 0 Å². The lowest BCUT2D eigenvalue weighted by molar-refractivity contribution is -0.261. The predicted octanol–water partition coefficient (Wildman–Crippen LogP) is 5.91. The van der Waals surface area contributed by atoms with Crippen molar-refractivity contribution in [1.29, 1.82) is 0 Å². The Labute approximate surface area is 189 Å². The van der Waals surface area contributed by atoms with Gasteiger partial charge in [0.15, 0.2) is 0 Å². The minimum atomic E-state index is -1.10. The molecule has 6 heteroatoms. The first-order chi connectivity index (χ1) is 13.5. The summed E-state index contributed by atoms with van der Waals surface area (Å²) in [6, 6.07) is 0. The highest BCUT2D eigenvalue weighted by molar-refractivity contribution is 5.80. The zero-order valence-corrected chi connectivity index (χ0v) is 22.0. The number of hydroxylamine groups is 2. The predicted molar refractivity (Wildman–Crippen MR) is 123 cm³/mol. The number of carbonyl (C=O) groups excluding carboxylic acids is 1. The number of hydrogen-bond donors (Lipinski definition) is 2. The van der Waals surface area contributed by atoms with Crippen molar-refractivity contribution in [3.05, 3.63) is 0 Å². The maximum Gasteiger partial charge on any atom is 0.312 e. The number of carboxylic acids is 1. The van der Waals surface area contributed by atoms with E-state index in [1.807, 2.05) is 55.4 Å². The van der Waals surface area contributed by atoms with E-state index in [0.29, 0.717) is 19.3 Å². The molecule has 0 spiro atoms. The van der Waals surface area contributed by atoms with E-state index in [4.69, 9.17) is 4.74 Å². The second-order valence-electron chi connectivity index (χ2n) is 13.7. The van der Waals surface area contributed by atoms with E-state index in [9.17, 15) is 19.9 Å². The molecule has 0 amide bonds. The minimum absolute atomic E-state index is 0.182. The van der Waals surface area contributed by atoms with E-state index in [1.54, 1.807) is 6.92 Å². The largest absolute Gasteiger partial charge is 0.481 e. The molecule has 1 fully saturated rings. The molecule has 0 bridgehead atoms. The second kappa shape index (κ2) is 8.33. The fourth-order valence-electron chi connectivity index (χ4n) is 5.37. The summed E-state index contributed by atoms with van der Waals surface area (Å²) in [5, 5.41) is 22.0. The Bertz CT molecular complexity index is 667. The lowest BCUT2D eigenvalue weighted by Crippen LogP contribution is -2.61. The van der Waals surface area contributed by atoms with E-state index in [0.717, 1.165) is 0 Å². The molecule has 1 saturated heterocycles. The maximum atomic E-state index is 13.7. The summed E-state index contributed by atoms with van der Waals surface area (Å²) in [6.45, 7) is 23.2. The Kier molecular flexibility index (Phi) is 7.49. The zero-order chi connectivity index (χ0) is 24.8. The monoisotopic (exact) mass is 441 g/mol. The van der Waals surface area contributed by atoms with Gasteiger partial charge in [0.2, 0.25) is 0 Å². The third-order valence-electron chi connectivity index (χ3n) is 7.16. The molecule has 1 rings (SSSR count). The Morgan fingerprint density at radius 3 is 1.65 bits per heavy atom.